The zero-order valence-electron chi connectivity index (χ0n) is 16.7. The third-order valence-electron chi connectivity index (χ3n) is 5.15. The van der Waals surface area contributed by atoms with Crippen LogP contribution < -0.4 is 5.32 Å². The number of carbonyl (C=O) groups excluding carboxylic acids is 1. The summed E-state index contributed by atoms with van der Waals surface area (Å²) in [6, 6.07) is 7.60. The Morgan fingerprint density at radius 1 is 1.27 bits per heavy atom. The van der Waals surface area contributed by atoms with Crippen molar-refractivity contribution >= 4 is 28.6 Å². The first-order chi connectivity index (χ1) is 14.6. The average molecular weight is 413 g/mol. The van der Waals surface area contributed by atoms with Crippen LogP contribution >= 0.6 is 0 Å². The Morgan fingerprint density at radius 3 is 2.77 bits per heavy atom. The molecule has 2 aromatic heterocycles. The van der Waals surface area contributed by atoms with E-state index in [0.717, 1.165) is 36.9 Å². The van der Waals surface area contributed by atoms with Gasteiger partial charge < -0.3 is 9.30 Å². The van der Waals surface area contributed by atoms with E-state index < -0.39 is 10.8 Å². The molecule has 3 aromatic rings. The third kappa shape index (κ3) is 3.89. The Kier molecular flexibility index (Phi) is 5.72. The second-order valence-corrected chi connectivity index (χ2v) is 6.94. The van der Waals surface area contributed by atoms with Crippen LogP contribution in [-0.2, 0) is 17.8 Å². The normalized spacial score (nSPS) is 14.8. The predicted molar refractivity (Wildman–Crippen MR) is 110 cm³/mol. The van der Waals surface area contributed by atoms with Gasteiger partial charge in [-0.1, -0.05) is 12.1 Å². The minimum absolute atomic E-state index is 0.0886. The number of morpholine rings is 1. The Labute approximate surface area is 172 Å². The number of carbonyl (C=O) groups is 1. The Balaban J connectivity index is 1.63. The van der Waals surface area contributed by atoms with E-state index in [1.54, 1.807) is 6.92 Å². The molecular formula is C19H23N7O4. The molecule has 1 aliphatic heterocycles. The highest BCUT2D eigenvalue weighted by atomic mass is 16.6. The van der Waals surface area contributed by atoms with Crippen LogP contribution in [0.2, 0.25) is 0 Å². The number of anilines is 1. The molecule has 0 spiro atoms. The van der Waals surface area contributed by atoms with E-state index in [-0.39, 0.29) is 11.4 Å². The van der Waals surface area contributed by atoms with Gasteiger partial charge in [0, 0.05) is 32.7 Å². The zero-order chi connectivity index (χ0) is 21.1. The fourth-order valence-corrected chi connectivity index (χ4v) is 3.61. The summed E-state index contributed by atoms with van der Waals surface area (Å²) in [6.45, 7) is 6.63. The molecule has 4 rings (SSSR count). The molecule has 1 aromatic carbocycles. The summed E-state index contributed by atoms with van der Waals surface area (Å²) < 4.78 is 8.64. The van der Waals surface area contributed by atoms with Crippen molar-refractivity contribution in [1.82, 2.24) is 24.2 Å². The van der Waals surface area contributed by atoms with Crippen molar-refractivity contribution in [1.29, 1.82) is 0 Å². The van der Waals surface area contributed by atoms with Crippen LogP contribution in [0, 0.1) is 10.1 Å². The van der Waals surface area contributed by atoms with Crippen molar-refractivity contribution in [3.05, 3.63) is 46.3 Å². The minimum Gasteiger partial charge on any atom is -0.379 e. The number of aromatic nitrogens is 4. The molecular weight excluding hydrogens is 390 g/mol. The molecule has 0 bridgehead atoms. The van der Waals surface area contributed by atoms with Crippen molar-refractivity contribution in [2.75, 3.05) is 38.2 Å². The summed E-state index contributed by atoms with van der Waals surface area (Å²) in [6.07, 6.45) is 1.10. The highest BCUT2D eigenvalue weighted by Crippen LogP contribution is 2.23. The van der Waals surface area contributed by atoms with E-state index in [1.807, 2.05) is 28.8 Å². The van der Waals surface area contributed by atoms with Crippen molar-refractivity contribution < 1.29 is 14.5 Å². The predicted octanol–water partition coefficient (Wildman–Crippen LogP) is 1.75. The van der Waals surface area contributed by atoms with Crippen LogP contribution in [0.5, 0.6) is 0 Å². The van der Waals surface area contributed by atoms with Crippen LogP contribution in [0.3, 0.4) is 0 Å². The second-order valence-electron chi connectivity index (χ2n) is 6.94. The number of amides is 1. The summed E-state index contributed by atoms with van der Waals surface area (Å²) in [5.41, 5.74) is 1.22. The van der Waals surface area contributed by atoms with Crippen LogP contribution in [0.15, 0.2) is 30.5 Å². The summed E-state index contributed by atoms with van der Waals surface area (Å²) in [7, 11) is 0. The van der Waals surface area contributed by atoms with E-state index >= 15 is 0 Å². The Bertz CT molecular complexity index is 1070. The molecule has 1 fully saturated rings. The maximum atomic E-state index is 13.0. The number of fused-ring (bicyclic) bond motifs is 1. The molecule has 11 heteroatoms. The van der Waals surface area contributed by atoms with Gasteiger partial charge in [0.15, 0.2) is 0 Å². The monoisotopic (exact) mass is 413 g/mol. The molecule has 1 N–H and O–H groups in total. The second kappa shape index (κ2) is 8.59. The first kappa shape index (κ1) is 20.0. The number of rotatable bonds is 7. The van der Waals surface area contributed by atoms with E-state index in [2.05, 4.69) is 20.3 Å². The molecule has 3 heterocycles. The van der Waals surface area contributed by atoms with Gasteiger partial charge in [0.25, 0.3) is 5.91 Å². The van der Waals surface area contributed by atoms with E-state index in [4.69, 9.17) is 4.74 Å². The van der Waals surface area contributed by atoms with Gasteiger partial charge in [-0.05, 0) is 19.1 Å². The van der Waals surface area contributed by atoms with Crippen molar-refractivity contribution in [3.8, 4) is 0 Å². The standard InChI is InChI=1S/C19H23N7O4/c1-2-25-17(16(13-20-25)26(28)29)18(27)22-19-21-14-5-3-4-6-15(14)24(19)8-7-23-9-11-30-12-10-23/h3-6,13H,2,7-12H2,1H3,(H,21,22,27). The number of hydrogen-bond donors (Lipinski definition) is 1. The van der Waals surface area contributed by atoms with Gasteiger partial charge in [-0.25, -0.2) is 4.98 Å². The summed E-state index contributed by atoms with van der Waals surface area (Å²) in [5.74, 6) is -0.253. The van der Waals surface area contributed by atoms with Gasteiger partial charge in [-0.15, -0.1) is 0 Å². The van der Waals surface area contributed by atoms with Crippen LogP contribution in [-0.4, -0.2) is 67.9 Å². The highest BCUT2D eigenvalue weighted by molar-refractivity contribution is 6.05. The quantitative estimate of drug-likeness (QED) is 0.463. The average Bonchev–Trinajstić information content (AvgIpc) is 3.34. The van der Waals surface area contributed by atoms with Gasteiger partial charge in [0.05, 0.1) is 29.2 Å². The lowest BCUT2D eigenvalue weighted by atomic mass is 10.3. The number of imidazole rings is 1. The molecule has 0 atom stereocenters. The number of hydrogen-bond acceptors (Lipinski definition) is 7. The first-order valence-electron chi connectivity index (χ1n) is 9.85. The van der Waals surface area contributed by atoms with Crippen LogP contribution in [0.25, 0.3) is 11.0 Å². The van der Waals surface area contributed by atoms with Gasteiger partial charge in [0.1, 0.15) is 6.20 Å². The van der Waals surface area contributed by atoms with Gasteiger partial charge >= 0.3 is 5.69 Å². The van der Waals surface area contributed by atoms with Crippen LogP contribution in [0.1, 0.15) is 17.4 Å². The number of nitrogens with one attached hydrogen (secondary N) is 1. The molecule has 1 aliphatic rings. The van der Waals surface area contributed by atoms with Gasteiger partial charge in [-0.2, -0.15) is 5.10 Å². The highest BCUT2D eigenvalue weighted by Gasteiger charge is 2.27. The number of nitrogens with zero attached hydrogens (tertiary/aromatic N) is 6. The Hall–Kier alpha value is -3.31. The zero-order valence-corrected chi connectivity index (χ0v) is 16.7. The summed E-state index contributed by atoms with van der Waals surface area (Å²) in [5, 5.41) is 18.0. The van der Waals surface area contributed by atoms with Crippen molar-refractivity contribution in [3.63, 3.8) is 0 Å². The summed E-state index contributed by atoms with van der Waals surface area (Å²) >= 11 is 0. The SMILES string of the molecule is CCn1ncc([N+](=O)[O-])c1C(=O)Nc1nc2ccccc2n1CCN1CCOCC1. The molecule has 0 saturated carbocycles. The fourth-order valence-electron chi connectivity index (χ4n) is 3.61. The lowest BCUT2D eigenvalue weighted by Gasteiger charge is -2.26. The largest absolute Gasteiger partial charge is 0.379 e. The molecule has 158 valence electrons. The molecule has 11 nitrogen and oxygen atoms in total. The molecule has 1 saturated heterocycles. The number of benzene rings is 1. The third-order valence-corrected chi connectivity index (χ3v) is 5.15. The smallest absolute Gasteiger partial charge is 0.320 e. The molecule has 0 aliphatic carbocycles. The number of nitro groups is 1. The molecule has 30 heavy (non-hydrogen) atoms. The van der Waals surface area contributed by atoms with Crippen molar-refractivity contribution in [2.45, 2.75) is 20.0 Å². The molecule has 1 amide bonds. The fraction of sp³-hybridized carbons (Fsp3) is 0.421. The lowest BCUT2D eigenvalue weighted by Crippen LogP contribution is -2.38. The van der Waals surface area contributed by atoms with Crippen LogP contribution in [0.4, 0.5) is 11.6 Å². The van der Waals surface area contributed by atoms with E-state index in [1.165, 1.54) is 4.68 Å². The lowest BCUT2D eigenvalue weighted by molar-refractivity contribution is -0.385. The Morgan fingerprint density at radius 2 is 2.03 bits per heavy atom. The van der Waals surface area contributed by atoms with E-state index in [0.29, 0.717) is 32.3 Å². The topological polar surface area (TPSA) is 120 Å². The maximum absolute atomic E-state index is 13.0. The first-order valence-corrected chi connectivity index (χ1v) is 9.85. The van der Waals surface area contributed by atoms with Crippen molar-refractivity contribution in [2.24, 2.45) is 0 Å². The maximum Gasteiger partial charge on any atom is 0.320 e. The molecule has 0 radical (unpaired) electrons. The number of para-hydroxylation sites is 2. The summed E-state index contributed by atoms with van der Waals surface area (Å²) in [4.78, 5) is 30.5. The number of ether oxygens (including phenoxy) is 1. The van der Waals surface area contributed by atoms with Gasteiger partial charge in [0.2, 0.25) is 11.6 Å². The molecule has 0 unspecified atom stereocenters. The van der Waals surface area contributed by atoms with E-state index in [9.17, 15) is 14.9 Å². The number of aryl methyl sites for hydroxylation is 1. The van der Waals surface area contributed by atoms with Gasteiger partial charge in [-0.3, -0.25) is 29.8 Å². The minimum atomic E-state index is -0.607.